The molecule has 0 saturated carbocycles. The molecule has 0 spiro atoms. The minimum absolute atomic E-state index is 0.321. The predicted octanol–water partition coefficient (Wildman–Crippen LogP) is 4.69. The van der Waals surface area contributed by atoms with Gasteiger partial charge in [-0.2, -0.15) is 0 Å². The fourth-order valence-electron chi connectivity index (χ4n) is 2.19. The summed E-state index contributed by atoms with van der Waals surface area (Å²) in [6, 6.07) is 4.78. The standard InChI is InChI=1S/C14H20BrFO/c1-9(2)7-10(3)8-13(17)11-5-4-6-12(16)14(11)15/h4-6,9-10,13,17H,7-8H2,1-3H3. The first-order valence-electron chi connectivity index (χ1n) is 6.03. The van der Waals surface area contributed by atoms with Gasteiger partial charge in [0.2, 0.25) is 0 Å². The molecule has 2 atom stereocenters. The Morgan fingerprint density at radius 2 is 1.88 bits per heavy atom. The Hall–Kier alpha value is -0.410. The molecule has 0 heterocycles. The van der Waals surface area contributed by atoms with E-state index in [1.54, 1.807) is 12.1 Å². The molecule has 1 rings (SSSR count). The van der Waals surface area contributed by atoms with Crippen molar-refractivity contribution in [2.45, 2.75) is 39.7 Å². The highest BCUT2D eigenvalue weighted by atomic mass is 79.9. The van der Waals surface area contributed by atoms with E-state index in [9.17, 15) is 9.50 Å². The number of benzene rings is 1. The van der Waals surface area contributed by atoms with Crippen molar-refractivity contribution >= 4 is 15.9 Å². The van der Waals surface area contributed by atoms with Crippen LogP contribution in [0.1, 0.15) is 45.3 Å². The molecule has 0 amide bonds. The molecular weight excluding hydrogens is 283 g/mol. The van der Waals surface area contributed by atoms with Crippen LogP contribution in [0.2, 0.25) is 0 Å². The largest absolute Gasteiger partial charge is 0.388 e. The van der Waals surface area contributed by atoms with Gasteiger partial charge in [-0.05, 0) is 52.2 Å². The van der Waals surface area contributed by atoms with E-state index >= 15 is 0 Å². The summed E-state index contributed by atoms with van der Waals surface area (Å²) < 4.78 is 13.7. The zero-order valence-corrected chi connectivity index (χ0v) is 12.2. The van der Waals surface area contributed by atoms with E-state index in [0.29, 0.717) is 28.3 Å². The molecule has 0 aliphatic carbocycles. The van der Waals surface area contributed by atoms with Gasteiger partial charge in [-0.3, -0.25) is 0 Å². The molecule has 3 heteroatoms. The zero-order valence-electron chi connectivity index (χ0n) is 10.6. The number of rotatable bonds is 5. The third kappa shape index (κ3) is 4.40. The average Bonchev–Trinajstić information content (AvgIpc) is 2.20. The Balaban J connectivity index is 2.69. The maximum Gasteiger partial charge on any atom is 0.137 e. The first kappa shape index (κ1) is 14.7. The lowest BCUT2D eigenvalue weighted by Crippen LogP contribution is -2.08. The summed E-state index contributed by atoms with van der Waals surface area (Å²) in [7, 11) is 0. The Bertz CT molecular complexity index is 365. The van der Waals surface area contributed by atoms with Crippen molar-refractivity contribution in [3.63, 3.8) is 0 Å². The van der Waals surface area contributed by atoms with E-state index in [1.807, 2.05) is 0 Å². The lowest BCUT2D eigenvalue weighted by molar-refractivity contribution is 0.141. The van der Waals surface area contributed by atoms with Crippen molar-refractivity contribution in [3.8, 4) is 0 Å². The van der Waals surface area contributed by atoms with Gasteiger partial charge in [-0.25, -0.2) is 4.39 Å². The zero-order chi connectivity index (χ0) is 13.0. The molecule has 0 aromatic heterocycles. The van der Waals surface area contributed by atoms with Gasteiger partial charge in [-0.15, -0.1) is 0 Å². The van der Waals surface area contributed by atoms with Gasteiger partial charge in [0.25, 0.3) is 0 Å². The minimum atomic E-state index is -0.603. The molecule has 17 heavy (non-hydrogen) atoms. The second-order valence-corrected chi connectivity index (χ2v) is 5.92. The van der Waals surface area contributed by atoms with Crippen LogP contribution in [-0.2, 0) is 0 Å². The SMILES string of the molecule is CC(C)CC(C)CC(O)c1cccc(F)c1Br. The maximum atomic E-state index is 13.3. The van der Waals surface area contributed by atoms with Crippen molar-refractivity contribution in [3.05, 3.63) is 34.1 Å². The molecule has 0 bridgehead atoms. The van der Waals surface area contributed by atoms with E-state index < -0.39 is 6.10 Å². The van der Waals surface area contributed by atoms with Gasteiger partial charge >= 0.3 is 0 Å². The molecule has 96 valence electrons. The van der Waals surface area contributed by atoms with E-state index in [-0.39, 0.29) is 5.82 Å². The molecule has 2 unspecified atom stereocenters. The predicted molar refractivity (Wildman–Crippen MR) is 72.3 cm³/mol. The quantitative estimate of drug-likeness (QED) is 0.836. The fourth-order valence-corrected chi connectivity index (χ4v) is 2.72. The van der Waals surface area contributed by atoms with Crippen LogP contribution < -0.4 is 0 Å². The first-order chi connectivity index (χ1) is 7.91. The van der Waals surface area contributed by atoms with Crippen LogP contribution in [0, 0.1) is 17.7 Å². The average molecular weight is 303 g/mol. The third-order valence-corrected chi connectivity index (χ3v) is 3.68. The highest BCUT2D eigenvalue weighted by Gasteiger charge is 2.17. The van der Waals surface area contributed by atoms with Gasteiger partial charge in [0.1, 0.15) is 5.82 Å². The minimum Gasteiger partial charge on any atom is -0.388 e. The normalized spacial score (nSPS) is 15.0. The summed E-state index contributed by atoms with van der Waals surface area (Å²) in [5, 5.41) is 10.1. The van der Waals surface area contributed by atoms with Gasteiger partial charge in [0, 0.05) is 0 Å². The van der Waals surface area contributed by atoms with E-state index in [0.717, 1.165) is 6.42 Å². The van der Waals surface area contributed by atoms with Crippen LogP contribution in [0.25, 0.3) is 0 Å². The lowest BCUT2D eigenvalue weighted by Gasteiger charge is -2.19. The fraction of sp³-hybridized carbons (Fsp3) is 0.571. The summed E-state index contributed by atoms with van der Waals surface area (Å²) in [6.07, 6.45) is 1.14. The molecule has 0 radical (unpaired) electrons. The number of aliphatic hydroxyl groups excluding tert-OH is 1. The van der Waals surface area contributed by atoms with Gasteiger partial charge in [0.05, 0.1) is 10.6 Å². The second kappa shape index (κ2) is 6.50. The Morgan fingerprint density at radius 1 is 1.24 bits per heavy atom. The smallest absolute Gasteiger partial charge is 0.137 e. The van der Waals surface area contributed by atoms with Crippen molar-refractivity contribution < 1.29 is 9.50 Å². The monoisotopic (exact) mass is 302 g/mol. The summed E-state index contributed by atoms with van der Waals surface area (Å²) in [6.45, 7) is 6.46. The van der Waals surface area contributed by atoms with Crippen LogP contribution >= 0.6 is 15.9 Å². The van der Waals surface area contributed by atoms with Crippen LogP contribution in [0.5, 0.6) is 0 Å². The van der Waals surface area contributed by atoms with Crippen LogP contribution in [0.15, 0.2) is 22.7 Å². The molecule has 0 aliphatic rings. The molecule has 0 aliphatic heterocycles. The van der Waals surface area contributed by atoms with E-state index in [2.05, 4.69) is 36.7 Å². The number of aliphatic hydroxyl groups is 1. The molecular formula is C14H20BrFO. The van der Waals surface area contributed by atoms with Crippen LogP contribution in [0.4, 0.5) is 4.39 Å². The Labute approximate surface area is 111 Å². The topological polar surface area (TPSA) is 20.2 Å². The van der Waals surface area contributed by atoms with E-state index in [1.165, 1.54) is 6.07 Å². The molecule has 1 aromatic carbocycles. The Morgan fingerprint density at radius 3 is 2.47 bits per heavy atom. The first-order valence-corrected chi connectivity index (χ1v) is 6.83. The number of hydrogen-bond acceptors (Lipinski definition) is 1. The maximum absolute atomic E-state index is 13.3. The van der Waals surface area contributed by atoms with Crippen LogP contribution in [0.3, 0.4) is 0 Å². The Kier molecular flexibility index (Phi) is 5.60. The van der Waals surface area contributed by atoms with Crippen molar-refractivity contribution in [2.24, 2.45) is 11.8 Å². The number of hydrogen-bond donors (Lipinski definition) is 1. The molecule has 1 nitrogen and oxygen atoms in total. The van der Waals surface area contributed by atoms with E-state index in [4.69, 9.17) is 0 Å². The molecule has 1 N–H and O–H groups in total. The van der Waals surface area contributed by atoms with Crippen molar-refractivity contribution in [1.82, 2.24) is 0 Å². The van der Waals surface area contributed by atoms with Gasteiger partial charge in [-0.1, -0.05) is 32.9 Å². The van der Waals surface area contributed by atoms with Crippen molar-refractivity contribution in [1.29, 1.82) is 0 Å². The third-order valence-electron chi connectivity index (χ3n) is 2.84. The summed E-state index contributed by atoms with van der Waals surface area (Å²) in [4.78, 5) is 0. The molecule has 0 fully saturated rings. The highest BCUT2D eigenvalue weighted by Crippen LogP contribution is 2.31. The van der Waals surface area contributed by atoms with Crippen LogP contribution in [-0.4, -0.2) is 5.11 Å². The van der Waals surface area contributed by atoms with Gasteiger partial charge in [0.15, 0.2) is 0 Å². The molecule has 0 saturated heterocycles. The summed E-state index contributed by atoms with van der Waals surface area (Å²) in [5.74, 6) is 0.728. The van der Waals surface area contributed by atoms with Crippen molar-refractivity contribution in [2.75, 3.05) is 0 Å². The number of halogens is 2. The van der Waals surface area contributed by atoms with Gasteiger partial charge < -0.3 is 5.11 Å². The lowest BCUT2D eigenvalue weighted by atomic mass is 9.91. The highest BCUT2D eigenvalue weighted by molar-refractivity contribution is 9.10. The molecule has 1 aromatic rings. The summed E-state index contributed by atoms with van der Waals surface area (Å²) in [5.41, 5.74) is 0.639. The summed E-state index contributed by atoms with van der Waals surface area (Å²) >= 11 is 3.19. The second-order valence-electron chi connectivity index (χ2n) is 5.13.